The number of hydrogen-bond acceptors (Lipinski definition) is 3. The van der Waals surface area contributed by atoms with E-state index in [9.17, 15) is 4.79 Å². The first-order valence-corrected chi connectivity index (χ1v) is 7.77. The Morgan fingerprint density at radius 2 is 2.10 bits per heavy atom. The molecule has 21 heavy (non-hydrogen) atoms. The van der Waals surface area contributed by atoms with Crippen LogP contribution in [0.25, 0.3) is 0 Å². The lowest BCUT2D eigenvalue weighted by atomic mass is 9.86. The standard InChI is InChI=1S/C17H27N3O/c1-11-7-13(3)14(4)20(9-11)10-17(21)19-16-8-15(18)6-5-12(16)2/h5-6,8,11,13-14H,7,9-10,18H2,1-4H3,(H,19,21). The van der Waals surface area contributed by atoms with E-state index in [1.54, 1.807) is 0 Å². The van der Waals surface area contributed by atoms with Crippen molar-refractivity contribution in [1.82, 2.24) is 4.90 Å². The van der Waals surface area contributed by atoms with Crippen LogP contribution in [0.5, 0.6) is 0 Å². The normalized spacial score (nSPS) is 26.6. The number of nitrogens with zero attached hydrogens (tertiary/aromatic N) is 1. The van der Waals surface area contributed by atoms with Crippen molar-refractivity contribution in [1.29, 1.82) is 0 Å². The van der Waals surface area contributed by atoms with Crippen molar-refractivity contribution >= 4 is 17.3 Å². The maximum atomic E-state index is 12.3. The summed E-state index contributed by atoms with van der Waals surface area (Å²) >= 11 is 0. The minimum Gasteiger partial charge on any atom is -0.399 e. The highest BCUT2D eigenvalue weighted by atomic mass is 16.2. The van der Waals surface area contributed by atoms with Crippen LogP contribution in [0, 0.1) is 18.8 Å². The summed E-state index contributed by atoms with van der Waals surface area (Å²) in [5, 5.41) is 2.99. The van der Waals surface area contributed by atoms with Gasteiger partial charge < -0.3 is 11.1 Å². The monoisotopic (exact) mass is 289 g/mol. The van der Waals surface area contributed by atoms with E-state index in [1.165, 1.54) is 6.42 Å². The second-order valence-corrected chi connectivity index (χ2v) is 6.61. The van der Waals surface area contributed by atoms with E-state index < -0.39 is 0 Å². The predicted octanol–water partition coefficient (Wildman–Crippen LogP) is 2.88. The molecule has 0 aliphatic carbocycles. The Balaban J connectivity index is 1.99. The van der Waals surface area contributed by atoms with Crippen LogP contribution in [0.3, 0.4) is 0 Å². The molecule has 1 aliphatic rings. The quantitative estimate of drug-likeness (QED) is 0.841. The Morgan fingerprint density at radius 1 is 1.38 bits per heavy atom. The van der Waals surface area contributed by atoms with Crippen LogP contribution < -0.4 is 11.1 Å². The number of nitrogens with two attached hydrogens (primary N) is 1. The predicted molar refractivity (Wildman–Crippen MR) is 88.2 cm³/mol. The van der Waals surface area contributed by atoms with Gasteiger partial charge in [-0.05, 0) is 49.8 Å². The van der Waals surface area contributed by atoms with E-state index in [4.69, 9.17) is 5.73 Å². The summed E-state index contributed by atoms with van der Waals surface area (Å²) in [7, 11) is 0. The van der Waals surface area contributed by atoms with Gasteiger partial charge in [0.2, 0.25) is 5.91 Å². The molecule has 1 amide bonds. The zero-order valence-corrected chi connectivity index (χ0v) is 13.5. The van der Waals surface area contributed by atoms with Crippen LogP contribution in [-0.4, -0.2) is 29.9 Å². The highest BCUT2D eigenvalue weighted by molar-refractivity contribution is 5.93. The maximum Gasteiger partial charge on any atom is 0.238 e. The SMILES string of the molecule is Cc1ccc(N)cc1NC(=O)CN1CC(C)CC(C)C1C. The number of nitrogens with one attached hydrogen (secondary N) is 1. The molecule has 4 heteroatoms. The molecule has 1 heterocycles. The van der Waals surface area contributed by atoms with Crippen LogP contribution in [0.4, 0.5) is 11.4 Å². The number of piperidine rings is 1. The number of benzene rings is 1. The van der Waals surface area contributed by atoms with E-state index in [0.29, 0.717) is 30.1 Å². The number of aryl methyl sites for hydroxylation is 1. The summed E-state index contributed by atoms with van der Waals surface area (Å²) in [5.74, 6) is 1.32. The summed E-state index contributed by atoms with van der Waals surface area (Å²) in [6, 6.07) is 6.05. The number of amides is 1. The first-order valence-electron chi connectivity index (χ1n) is 7.77. The molecule has 0 spiro atoms. The third kappa shape index (κ3) is 3.97. The number of carbonyl (C=O) groups excluding carboxylic acids is 1. The minimum absolute atomic E-state index is 0.0388. The average Bonchev–Trinajstić information content (AvgIpc) is 2.39. The van der Waals surface area contributed by atoms with Crippen molar-refractivity contribution < 1.29 is 4.79 Å². The molecule has 3 unspecified atom stereocenters. The van der Waals surface area contributed by atoms with Gasteiger partial charge >= 0.3 is 0 Å². The van der Waals surface area contributed by atoms with Crippen LogP contribution in [-0.2, 0) is 4.79 Å². The van der Waals surface area contributed by atoms with Gasteiger partial charge in [0, 0.05) is 24.0 Å². The number of carbonyl (C=O) groups is 1. The van der Waals surface area contributed by atoms with Gasteiger partial charge in [-0.1, -0.05) is 19.9 Å². The first kappa shape index (κ1) is 15.8. The Morgan fingerprint density at radius 3 is 2.81 bits per heavy atom. The summed E-state index contributed by atoms with van der Waals surface area (Å²) in [6.07, 6.45) is 1.24. The van der Waals surface area contributed by atoms with Crippen molar-refractivity contribution in [2.45, 2.75) is 40.2 Å². The molecule has 0 saturated carbocycles. The Bertz CT molecular complexity index is 515. The molecule has 0 bridgehead atoms. The fourth-order valence-corrected chi connectivity index (χ4v) is 3.19. The van der Waals surface area contributed by atoms with Crippen LogP contribution in [0.15, 0.2) is 18.2 Å². The van der Waals surface area contributed by atoms with Crippen LogP contribution in [0.1, 0.15) is 32.8 Å². The molecule has 0 radical (unpaired) electrons. The van der Waals surface area contributed by atoms with Gasteiger partial charge in [0.25, 0.3) is 0 Å². The van der Waals surface area contributed by atoms with E-state index in [0.717, 1.165) is 17.8 Å². The molecule has 0 aromatic heterocycles. The molecule has 116 valence electrons. The van der Waals surface area contributed by atoms with Crippen molar-refractivity contribution in [3.05, 3.63) is 23.8 Å². The van der Waals surface area contributed by atoms with E-state index in [-0.39, 0.29) is 5.91 Å². The Kier molecular flexibility index (Phi) is 4.88. The van der Waals surface area contributed by atoms with Gasteiger partial charge in [-0.3, -0.25) is 9.69 Å². The molecule has 3 N–H and O–H groups in total. The number of rotatable bonds is 3. The number of likely N-dealkylation sites (tertiary alicyclic amines) is 1. The van der Waals surface area contributed by atoms with E-state index >= 15 is 0 Å². The zero-order valence-electron chi connectivity index (χ0n) is 13.5. The molecular formula is C17H27N3O. The summed E-state index contributed by atoms with van der Waals surface area (Å²) < 4.78 is 0. The van der Waals surface area contributed by atoms with E-state index in [2.05, 4.69) is 31.0 Å². The van der Waals surface area contributed by atoms with Crippen molar-refractivity contribution in [2.75, 3.05) is 24.1 Å². The average molecular weight is 289 g/mol. The number of hydrogen-bond donors (Lipinski definition) is 2. The maximum absolute atomic E-state index is 12.3. The largest absolute Gasteiger partial charge is 0.399 e. The topological polar surface area (TPSA) is 58.4 Å². The lowest BCUT2D eigenvalue weighted by molar-refractivity contribution is -0.118. The van der Waals surface area contributed by atoms with Crippen molar-refractivity contribution in [3.63, 3.8) is 0 Å². The Hall–Kier alpha value is -1.55. The Labute approximate surface area is 127 Å². The first-order chi connectivity index (χ1) is 9.86. The van der Waals surface area contributed by atoms with Crippen molar-refractivity contribution in [2.24, 2.45) is 11.8 Å². The minimum atomic E-state index is 0.0388. The third-order valence-electron chi connectivity index (χ3n) is 4.60. The molecule has 1 aromatic rings. The molecule has 1 aliphatic heterocycles. The number of anilines is 2. The molecule has 1 saturated heterocycles. The smallest absolute Gasteiger partial charge is 0.238 e. The lowest BCUT2D eigenvalue weighted by Crippen LogP contribution is -2.48. The molecular weight excluding hydrogens is 262 g/mol. The number of nitrogen functional groups attached to an aromatic ring is 1. The van der Waals surface area contributed by atoms with Crippen molar-refractivity contribution in [3.8, 4) is 0 Å². The van der Waals surface area contributed by atoms with Crippen LogP contribution >= 0.6 is 0 Å². The highest BCUT2D eigenvalue weighted by Crippen LogP contribution is 2.26. The fourth-order valence-electron chi connectivity index (χ4n) is 3.19. The second-order valence-electron chi connectivity index (χ2n) is 6.61. The molecule has 1 aromatic carbocycles. The molecule has 2 rings (SSSR count). The van der Waals surface area contributed by atoms with Crippen LogP contribution in [0.2, 0.25) is 0 Å². The lowest BCUT2D eigenvalue weighted by Gasteiger charge is -2.40. The summed E-state index contributed by atoms with van der Waals surface area (Å²) in [5.41, 5.74) is 8.30. The summed E-state index contributed by atoms with van der Waals surface area (Å²) in [6.45, 7) is 10.2. The third-order valence-corrected chi connectivity index (χ3v) is 4.60. The van der Waals surface area contributed by atoms with Gasteiger partial charge in [-0.25, -0.2) is 0 Å². The van der Waals surface area contributed by atoms with E-state index in [1.807, 2.05) is 25.1 Å². The summed E-state index contributed by atoms with van der Waals surface area (Å²) in [4.78, 5) is 14.6. The van der Waals surface area contributed by atoms with Gasteiger partial charge in [-0.15, -0.1) is 0 Å². The fraction of sp³-hybridized carbons (Fsp3) is 0.588. The van der Waals surface area contributed by atoms with Gasteiger partial charge in [0.1, 0.15) is 0 Å². The van der Waals surface area contributed by atoms with Gasteiger partial charge in [0.05, 0.1) is 6.54 Å². The highest BCUT2D eigenvalue weighted by Gasteiger charge is 2.29. The second kappa shape index (κ2) is 6.48. The molecule has 1 fully saturated rings. The van der Waals surface area contributed by atoms with Gasteiger partial charge in [-0.2, -0.15) is 0 Å². The molecule has 4 nitrogen and oxygen atoms in total. The van der Waals surface area contributed by atoms with Gasteiger partial charge in [0.15, 0.2) is 0 Å². The molecule has 3 atom stereocenters. The zero-order chi connectivity index (χ0) is 15.6.